The van der Waals surface area contributed by atoms with E-state index in [9.17, 15) is 0 Å². The predicted octanol–water partition coefficient (Wildman–Crippen LogP) is 5.38. The average Bonchev–Trinajstić information content (AvgIpc) is 2.85. The zero-order chi connectivity index (χ0) is 14.1. The highest BCUT2D eigenvalue weighted by Gasteiger charge is 2.25. The number of halogens is 2. The van der Waals surface area contributed by atoms with Crippen molar-refractivity contribution in [3.05, 3.63) is 28.5 Å². The lowest BCUT2D eigenvalue weighted by Crippen LogP contribution is -2.20. The number of nitrogens with zero attached hydrogens (tertiary/aromatic N) is 2. The van der Waals surface area contributed by atoms with Crippen molar-refractivity contribution in [2.45, 2.75) is 42.9 Å². The van der Waals surface area contributed by atoms with Crippen LogP contribution in [0.3, 0.4) is 0 Å². The van der Waals surface area contributed by atoms with Crippen LogP contribution in [-0.2, 0) is 5.88 Å². The van der Waals surface area contributed by atoms with Gasteiger partial charge in [0.1, 0.15) is 5.82 Å². The van der Waals surface area contributed by atoms with Crippen LogP contribution in [0.1, 0.15) is 37.5 Å². The molecule has 1 aromatic heterocycles. The maximum Gasteiger partial charge on any atom is 0.125 e. The molecule has 0 N–H and O–H groups in total. The van der Waals surface area contributed by atoms with Crippen LogP contribution in [-0.4, -0.2) is 21.1 Å². The highest BCUT2D eigenvalue weighted by molar-refractivity contribution is 9.10. The Labute approximate surface area is 137 Å². The van der Waals surface area contributed by atoms with Gasteiger partial charge in [-0.1, -0.05) is 15.9 Å². The third kappa shape index (κ3) is 2.75. The van der Waals surface area contributed by atoms with Crippen molar-refractivity contribution in [2.24, 2.45) is 0 Å². The largest absolute Gasteiger partial charge is 0.324 e. The van der Waals surface area contributed by atoms with E-state index in [0.717, 1.165) is 21.1 Å². The fourth-order valence-corrected chi connectivity index (χ4v) is 4.44. The molecule has 0 amide bonds. The number of hydrogen-bond acceptors (Lipinski definition) is 2. The fourth-order valence-electron chi connectivity index (χ4n) is 3.16. The van der Waals surface area contributed by atoms with Gasteiger partial charge >= 0.3 is 0 Å². The number of benzene rings is 1. The standard InChI is InChI=1S/C15H18BrClN2S/c1-20-12-5-3-11(4-6-12)19-14-8-10(16)2-7-13(14)18-15(19)9-17/h2,7-8,11-12H,3-6,9H2,1H3. The van der Waals surface area contributed by atoms with Crippen LogP contribution in [0.25, 0.3) is 11.0 Å². The molecule has 0 saturated heterocycles. The molecule has 3 rings (SSSR count). The summed E-state index contributed by atoms with van der Waals surface area (Å²) in [7, 11) is 0. The molecule has 1 fully saturated rings. The van der Waals surface area contributed by atoms with Crippen molar-refractivity contribution in [3.8, 4) is 0 Å². The summed E-state index contributed by atoms with van der Waals surface area (Å²) in [5.41, 5.74) is 2.26. The maximum absolute atomic E-state index is 6.12. The summed E-state index contributed by atoms with van der Waals surface area (Å²) >= 11 is 11.7. The average molecular weight is 374 g/mol. The second-order valence-electron chi connectivity index (χ2n) is 5.33. The first-order valence-corrected chi connectivity index (χ1v) is 9.59. The second kappa shape index (κ2) is 6.29. The minimum Gasteiger partial charge on any atom is -0.324 e. The molecule has 5 heteroatoms. The predicted molar refractivity (Wildman–Crippen MR) is 91.8 cm³/mol. The van der Waals surface area contributed by atoms with E-state index in [1.807, 2.05) is 17.8 Å². The van der Waals surface area contributed by atoms with Gasteiger partial charge < -0.3 is 4.57 Å². The Morgan fingerprint density at radius 2 is 2.10 bits per heavy atom. The third-order valence-corrected chi connectivity index (χ3v) is 6.06. The first-order chi connectivity index (χ1) is 9.72. The molecule has 0 aliphatic heterocycles. The molecule has 2 nitrogen and oxygen atoms in total. The Kier molecular flexibility index (Phi) is 4.63. The maximum atomic E-state index is 6.12. The molecule has 108 valence electrons. The monoisotopic (exact) mass is 372 g/mol. The number of alkyl halides is 1. The Balaban J connectivity index is 1.99. The van der Waals surface area contributed by atoms with Gasteiger partial charge in [-0.3, -0.25) is 0 Å². The number of aromatic nitrogens is 2. The van der Waals surface area contributed by atoms with E-state index >= 15 is 0 Å². The molecule has 0 bridgehead atoms. The van der Waals surface area contributed by atoms with Crippen LogP contribution in [0.15, 0.2) is 22.7 Å². The molecule has 1 aliphatic rings. The number of rotatable bonds is 3. The van der Waals surface area contributed by atoms with Crippen molar-refractivity contribution in [2.75, 3.05) is 6.26 Å². The summed E-state index contributed by atoms with van der Waals surface area (Å²) in [6, 6.07) is 6.83. The fraction of sp³-hybridized carbons (Fsp3) is 0.533. The van der Waals surface area contributed by atoms with Crippen LogP contribution < -0.4 is 0 Å². The normalized spacial score (nSPS) is 23.4. The van der Waals surface area contributed by atoms with Gasteiger partial charge in [0.25, 0.3) is 0 Å². The van der Waals surface area contributed by atoms with Crippen LogP contribution >= 0.6 is 39.3 Å². The molecule has 0 atom stereocenters. The number of thioether (sulfide) groups is 1. The van der Waals surface area contributed by atoms with Crippen molar-refractivity contribution in [1.82, 2.24) is 9.55 Å². The van der Waals surface area contributed by atoms with Gasteiger partial charge in [-0.15, -0.1) is 11.6 Å². The van der Waals surface area contributed by atoms with E-state index in [-0.39, 0.29) is 0 Å². The first kappa shape index (κ1) is 14.7. The van der Waals surface area contributed by atoms with Crippen LogP contribution in [0, 0.1) is 0 Å². The van der Waals surface area contributed by atoms with Gasteiger partial charge in [-0.05, 0) is 50.1 Å². The summed E-state index contributed by atoms with van der Waals surface area (Å²) in [5.74, 6) is 1.49. The molecule has 1 heterocycles. The van der Waals surface area contributed by atoms with Gasteiger partial charge in [0, 0.05) is 15.8 Å². The SMILES string of the molecule is CSC1CCC(n2c(CCl)nc3ccc(Br)cc32)CC1. The summed E-state index contributed by atoms with van der Waals surface area (Å²) < 4.78 is 3.48. The Bertz CT molecular complexity index is 605. The molecule has 0 unspecified atom stereocenters. The molecule has 1 saturated carbocycles. The summed E-state index contributed by atoms with van der Waals surface area (Å²) in [6.45, 7) is 0. The zero-order valence-electron chi connectivity index (χ0n) is 11.5. The second-order valence-corrected chi connectivity index (χ2v) is 7.65. The number of fused-ring (bicyclic) bond motifs is 1. The van der Waals surface area contributed by atoms with Crippen LogP contribution in [0.5, 0.6) is 0 Å². The lowest BCUT2D eigenvalue weighted by molar-refractivity contribution is 0.361. The van der Waals surface area contributed by atoms with Gasteiger partial charge in [0.2, 0.25) is 0 Å². The molecule has 2 aromatic rings. The third-order valence-electron chi connectivity index (χ3n) is 4.19. The van der Waals surface area contributed by atoms with E-state index in [4.69, 9.17) is 16.6 Å². The van der Waals surface area contributed by atoms with E-state index in [0.29, 0.717) is 11.9 Å². The van der Waals surface area contributed by atoms with Crippen LogP contribution in [0.2, 0.25) is 0 Å². The summed E-state index contributed by atoms with van der Waals surface area (Å²) in [4.78, 5) is 4.69. The molecule has 1 aliphatic carbocycles. The lowest BCUT2D eigenvalue weighted by Gasteiger charge is -2.29. The van der Waals surface area contributed by atoms with E-state index < -0.39 is 0 Å². The Morgan fingerprint density at radius 1 is 1.35 bits per heavy atom. The molecule has 0 spiro atoms. The first-order valence-electron chi connectivity index (χ1n) is 6.98. The molecular formula is C15H18BrClN2S. The van der Waals surface area contributed by atoms with E-state index in [1.165, 1.54) is 31.2 Å². The lowest BCUT2D eigenvalue weighted by atomic mass is 9.94. The number of hydrogen-bond donors (Lipinski definition) is 0. The highest BCUT2D eigenvalue weighted by atomic mass is 79.9. The van der Waals surface area contributed by atoms with Crippen molar-refractivity contribution >= 4 is 50.3 Å². The summed E-state index contributed by atoms with van der Waals surface area (Å²) in [6.07, 6.45) is 7.27. The highest BCUT2D eigenvalue weighted by Crippen LogP contribution is 2.37. The molecular weight excluding hydrogens is 356 g/mol. The van der Waals surface area contributed by atoms with Crippen molar-refractivity contribution in [3.63, 3.8) is 0 Å². The topological polar surface area (TPSA) is 17.8 Å². The van der Waals surface area contributed by atoms with Crippen LogP contribution in [0.4, 0.5) is 0 Å². The number of imidazole rings is 1. The Hall–Kier alpha value is -0.190. The smallest absolute Gasteiger partial charge is 0.125 e. The Morgan fingerprint density at radius 3 is 2.75 bits per heavy atom. The molecule has 1 aromatic carbocycles. The quantitative estimate of drug-likeness (QED) is 0.672. The van der Waals surface area contributed by atoms with Crippen molar-refractivity contribution < 1.29 is 0 Å². The van der Waals surface area contributed by atoms with Crippen molar-refractivity contribution in [1.29, 1.82) is 0 Å². The summed E-state index contributed by atoms with van der Waals surface area (Å²) in [5, 5.41) is 0.826. The molecule has 20 heavy (non-hydrogen) atoms. The van der Waals surface area contributed by atoms with Gasteiger partial charge in [-0.2, -0.15) is 11.8 Å². The molecule has 0 radical (unpaired) electrons. The van der Waals surface area contributed by atoms with Gasteiger partial charge in [-0.25, -0.2) is 4.98 Å². The minimum absolute atomic E-state index is 0.481. The van der Waals surface area contributed by atoms with E-state index in [1.54, 1.807) is 0 Å². The van der Waals surface area contributed by atoms with Gasteiger partial charge in [0.05, 0.1) is 16.9 Å². The zero-order valence-corrected chi connectivity index (χ0v) is 14.6. The minimum atomic E-state index is 0.481. The van der Waals surface area contributed by atoms with Gasteiger partial charge in [0.15, 0.2) is 0 Å². The van der Waals surface area contributed by atoms with E-state index in [2.05, 4.69) is 38.9 Å².